The van der Waals surface area contributed by atoms with Crippen molar-refractivity contribution < 1.29 is 14.1 Å². The van der Waals surface area contributed by atoms with Gasteiger partial charge in [-0.1, -0.05) is 23.7 Å². The number of hydrogen-bond donors (Lipinski definition) is 1. The van der Waals surface area contributed by atoms with Crippen LogP contribution in [0.1, 0.15) is 0 Å². The van der Waals surface area contributed by atoms with Gasteiger partial charge in [0, 0.05) is 31.2 Å². The van der Waals surface area contributed by atoms with Gasteiger partial charge in [-0.25, -0.2) is 14.4 Å². The SMILES string of the molecule is COc1ccc(Cl)cc1Nc1ncnc(N2CCN(c3ccccc3F)CC2)c1[N+](=O)[O-]. The molecule has 1 aliphatic rings. The largest absolute Gasteiger partial charge is 0.495 e. The number of hydrogen-bond acceptors (Lipinski definition) is 8. The number of nitrogens with zero attached hydrogens (tertiary/aromatic N) is 5. The first-order chi connectivity index (χ1) is 15.5. The Hall–Kier alpha value is -3.66. The molecule has 0 saturated carbocycles. The van der Waals surface area contributed by atoms with Crippen LogP contribution in [0.2, 0.25) is 5.02 Å². The molecular formula is C21H20ClFN6O3. The van der Waals surface area contributed by atoms with Gasteiger partial charge in [-0.2, -0.15) is 0 Å². The van der Waals surface area contributed by atoms with E-state index in [0.29, 0.717) is 48.3 Å². The van der Waals surface area contributed by atoms with Gasteiger partial charge in [-0.05, 0) is 30.3 Å². The summed E-state index contributed by atoms with van der Waals surface area (Å²) in [5.41, 5.74) is 0.700. The lowest BCUT2D eigenvalue weighted by Crippen LogP contribution is -2.47. The number of anilines is 4. The number of nitrogens with one attached hydrogen (secondary N) is 1. The number of methoxy groups -OCH3 is 1. The zero-order chi connectivity index (χ0) is 22.7. The van der Waals surface area contributed by atoms with Gasteiger partial charge in [0.25, 0.3) is 0 Å². The predicted octanol–water partition coefficient (Wildman–Crippen LogP) is 4.26. The molecule has 1 saturated heterocycles. The maximum Gasteiger partial charge on any atom is 0.353 e. The molecule has 0 aliphatic carbocycles. The van der Waals surface area contributed by atoms with Crippen molar-refractivity contribution in [2.24, 2.45) is 0 Å². The van der Waals surface area contributed by atoms with Gasteiger partial charge in [0.2, 0.25) is 11.6 Å². The Bertz CT molecular complexity index is 1140. The van der Waals surface area contributed by atoms with Gasteiger partial charge < -0.3 is 19.9 Å². The molecule has 32 heavy (non-hydrogen) atoms. The van der Waals surface area contributed by atoms with Crippen LogP contribution in [0.3, 0.4) is 0 Å². The molecule has 0 amide bonds. The Morgan fingerprint density at radius 1 is 1.12 bits per heavy atom. The Kier molecular flexibility index (Phi) is 6.22. The van der Waals surface area contributed by atoms with E-state index in [1.165, 1.54) is 19.5 Å². The summed E-state index contributed by atoms with van der Waals surface area (Å²) < 4.78 is 19.4. The molecule has 11 heteroatoms. The Morgan fingerprint density at radius 3 is 2.53 bits per heavy atom. The highest BCUT2D eigenvalue weighted by molar-refractivity contribution is 6.31. The van der Waals surface area contributed by atoms with Crippen molar-refractivity contribution in [2.45, 2.75) is 0 Å². The average Bonchev–Trinajstić information content (AvgIpc) is 2.79. The lowest BCUT2D eigenvalue weighted by molar-refractivity contribution is -0.383. The van der Waals surface area contributed by atoms with Gasteiger partial charge in [0.1, 0.15) is 17.9 Å². The summed E-state index contributed by atoms with van der Waals surface area (Å²) >= 11 is 6.07. The number of nitro groups is 1. The van der Waals surface area contributed by atoms with Crippen molar-refractivity contribution in [3.05, 3.63) is 69.7 Å². The van der Waals surface area contributed by atoms with Crippen LogP contribution in [0.15, 0.2) is 48.8 Å². The first-order valence-corrected chi connectivity index (χ1v) is 10.2. The van der Waals surface area contributed by atoms with Gasteiger partial charge in [-0.3, -0.25) is 10.1 Å². The molecule has 9 nitrogen and oxygen atoms in total. The van der Waals surface area contributed by atoms with E-state index in [9.17, 15) is 14.5 Å². The third kappa shape index (κ3) is 4.35. The number of rotatable bonds is 6. The summed E-state index contributed by atoms with van der Waals surface area (Å²) in [6.07, 6.45) is 1.27. The van der Waals surface area contributed by atoms with Crippen molar-refractivity contribution in [1.82, 2.24) is 9.97 Å². The van der Waals surface area contributed by atoms with Crippen LogP contribution in [0.4, 0.5) is 33.1 Å². The smallest absolute Gasteiger partial charge is 0.353 e. The number of para-hydroxylation sites is 1. The fourth-order valence-corrected chi connectivity index (χ4v) is 3.81. The predicted molar refractivity (Wildman–Crippen MR) is 121 cm³/mol. The number of aromatic nitrogens is 2. The molecular weight excluding hydrogens is 439 g/mol. The van der Waals surface area contributed by atoms with Crippen molar-refractivity contribution in [3.8, 4) is 5.75 Å². The molecule has 1 aliphatic heterocycles. The second-order valence-electron chi connectivity index (χ2n) is 7.05. The van der Waals surface area contributed by atoms with E-state index in [1.807, 2.05) is 4.90 Å². The van der Waals surface area contributed by atoms with Gasteiger partial charge in [0.15, 0.2) is 0 Å². The van der Waals surface area contributed by atoms with Gasteiger partial charge in [0.05, 0.1) is 23.4 Å². The standard InChI is InChI=1S/C21H20ClFN6O3/c1-32-18-7-6-14(22)12-16(18)26-20-19(29(30)31)21(25-13-24-20)28-10-8-27(9-11-28)17-5-3-2-4-15(17)23/h2-7,12-13H,8-11H2,1H3,(H,24,25,26). The first kappa shape index (κ1) is 21.6. The lowest BCUT2D eigenvalue weighted by atomic mass is 10.2. The maximum absolute atomic E-state index is 14.1. The minimum Gasteiger partial charge on any atom is -0.495 e. The third-order valence-corrected chi connectivity index (χ3v) is 5.41. The summed E-state index contributed by atoms with van der Waals surface area (Å²) in [5.74, 6) is 0.386. The summed E-state index contributed by atoms with van der Waals surface area (Å²) in [5, 5.41) is 15.4. The third-order valence-electron chi connectivity index (χ3n) is 5.17. The zero-order valence-corrected chi connectivity index (χ0v) is 17.9. The number of halogens is 2. The van der Waals surface area contributed by atoms with Crippen LogP contribution in [0, 0.1) is 15.9 Å². The van der Waals surface area contributed by atoms with E-state index in [-0.39, 0.29) is 23.1 Å². The van der Waals surface area contributed by atoms with E-state index >= 15 is 0 Å². The van der Waals surface area contributed by atoms with Crippen molar-refractivity contribution in [1.29, 1.82) is 0 Å². The fraction of sp³-hybridized carbons (Fsp3) is 0.238. The van der Waals surface area contributed by atoms with E-state index < -0.39 is 4.92 Å². The monoisotopic (exact) mass is 458 g/mol. The minimum atomic E-state index is -0.516. The summed E-state index contributed by atoms with van der Waals surface area (Å²) in [4.78, 5) is 23.4. The van der Waals surface area contributed by atoms with E-state index in [2.05, 4.69) is 15.3 Å². The highest BCUT2D eigenvalue weighted by Gasteiger charge is 2.30. The van der Waals surface area contributed by atoms with Crippen molar-refractivity contribution >= 4 is 40.3 Å². The molecule has 4 rings (SSSR count). The molecule has 3 aromatic rings. The zero-order valence-electron chi connectivity index (χ0n) is 17.2. The molecule has 2 aromatic carbocycles. The minimum absolute atomic E-state index is 0.0251. The van der Waals surface area contributed by atoms with Gasteiger partial charge >= 0.3 is 5.69 Å². The molecule has 0 atom stereocenters. The van der Waals surface area contributed by atoms with E-state index in [1.54, 1.807) is 41.3 Å². The summed E-state index contributed by atoms with van der Waals surface area (Å²) in [6.45, 7) is 1.86. The number of benzene rings is 2. The van der Waals surface area contributed by atoms with Crippen LogP contribution in [0.25, 0.3) is 0 Å². The molecule has 2 heterocycles. The molecule has 0 bridgehead atoms. The Morgan fingerprint density at radius 2 is 1.84 bits per heavy atom. The number of piperazine rings is 1. The van der Waals surface area contributed by atoms with Crippen LogP contribution in [0.5, 0.6) is 5.75 Å². The fourth-order valence-electron chi connectivity index (χ4n) is 3.63. The molecule has 0 radical (unpaired) electrons. The Labute approximate surface area is 188 Å². The summed E-state index contributed by atoms with van der Waals surface area (Å²) in [7, 11) is 1.49. The number of ether oxygens (including phenoxy) is 1. The molecule has 1 fully saturated rings. The molecule has 1 N–H and O–H groups in total. The Balaban J connectivity index is 1.60. The average molecular weight is 459 g/mol. The van der Waals surface area contributed by atoms with Crippen LogP contribution in [-0.2, 0) is 0 Å². The molecule has 166 valence electrons. The second kappa shape index (κ2) is 9.23. The summed E-state index contributed by atoms with van der Waals surface area (Å²) in [6, 6.07) is 11.5. The van der Waals surface area contributed by atoms with E-state index in [0.717, 1.165) is 0 Å². The van der Waals surface area contributed by atoms with Crippen LogP contribution < -0.4 is 19.9 Å². The second-order valence-corrected chi connectivity index (χ2v) is 7.48. The molecule has 1 aromatic heterocycles. The first-order valence-electron chi connectivity index (χ1n) is 9.82. The molecule has 0 spiro atoms. The lowest BCUT2D eigenvalue weighted by Gasteiger charge is -2.36. The van der Waals surface area contributed by atoms with Crippen LogP contribution in [-0.4, -0.2) is 48.2 Å². The van der Waals surface area contributed by atoms with Crippen molar-refractivity contribution in [3.63, 3.8) is 0 Å². The molecule has 0 unspecified atom stereocenters. The quantitative estimate of drug-likeness (QED) is 0.432. The highest BCUT2D eigenvalue weighted by Crippen LogP contribution is 2.37. The topological polar surface area (TPSA) is 96.7 Å². The normalized spacial score (nSPS) is 13.7. The van der Waals surface area contributed by atoms with Crippen LogP contribution >= 0.6 is 11.6 Å². The van der Waals surface area contributed by atoms with Gasteiger partial charge in [-0.15, -0.1) is 0 Å². The maximum atomic E-state index is 14.1. The van der Waals surface area contributed by atoms with E-state index in [4.69, 9.17) is 16.3 Å². The van der Waals surface area contributed by atoms with Crippen molar-refractivity contribution in [2.75, 3.05) is 48.4 Å². The highest BCUT2D eigenvalue weighted by atomic mass is 35.5.